The third-order valence-corrected chi connectivity index (χ3v) is 5.74. The van der Waals surface area contributed by atoms with E-state index in [0.717, 1.165) is 16.0 Å². The van der Waals surface area contributed by atoms with Crippen molar-refractivity contribution in [2.45, 2.75) is 13.8 Å². The number of hydrogen-bond acceptors (Lipinski definition) is 3. The van der Waals surface area contributed by atoms with Crippen LogP contribution in [0.4, 0.5) is 0 Å². The lowest BCUT2D eigenvalue weighted by molar-refractivity contribution is 1.06. The lowest BCUT2D eigenvalue weighted by Gasteiger charge is -2.08. The first-order valence-electron chi connectivity index (χ1n) is 10.7. The van der Waals surface area contributed by atoms with E-state index < -0.39 is 0 Å². The number of hydrogen-bond donors (Lipinski definition) is 0. The molecule has 0 saturated heterocycles. The first-order chi connectivity index (χ1) is 14.9. The number of nitrogens with zero attached hydrogens (tertiary/aromatic N) is 2. The van der Waals surface area contributed by atoms with Crippen LogP contribution in [-0.2, 0) is 0 Å². The topological polar surface area (TPSA) is 25.8 Å². The molecule has 3 heteroatoms. The summed E-state index contributed by atoms with van der Waals surface area (Å²) in [7, 11) is 0. The van der Waals surface area contributed by atoms with Crippen LogP contribution in [0.5, 0.6) is 0 Å². The molecule has 2 nitrogen and oxygen atoms in total. The van der Waals surface area contributed by atoms with Gasteiger partial charge in [0.05, 0.1) is 16.9 Å². The Hall–Kier alpha value is -3.04. The van der Waals surface area contributed by atoms with Crippen LogP contribution in [0.1, 0.15) is 16.9 Å². The van der Waals surface area contributed by atoms with Crippen molar-refractivity contribution in [3.05, 3.63) is 84.1 Å². The van der Waals surface area contributed by atoms with Gasteiger partial charge in [0.1, 0.15) is 5.82 Å². The number of benzene rings is 3. The van der Waals surface area contributed by atoms with Gasteiger partial charge >= 0.3 is 0 Å². The predicted octanol–water partition coefficient (Wildman–Crippen LogP) is 6.80. The van der Waals surface area contributed by atoms with Crippen molar-refractivity contribution in [1.29, 1.82) is 0 Å². The fraction of sp³-hybridized carbons (Fsp3) is 0.0833. The molecule has 0 bridgehead atoms. The molecule has 0 radical (unpaired) electrons. The zero-order chi connectivity index (χ0) is 21.9. The van der Waals surface area contributed by atoms with Crippen LogP contribution in [0.3, 0.4) is 0 Å². The molecule has 2 heterocycles. The highest BCUT2D eigenvalue weighted by molar-refractivity contribution is 7.26. The van der Waals surface area contributed by atoms with Gasteiger partial charge in [-0.1, -0.05) is 60.1 Å². The minimum atomic E-state index is -0.187. The van der Waals surface area contributed by atoms with Crippen LogP contribution in [-0.4, -0.2) is 9.97 Å². The van der Waals surface area contributed by atoms with E-state index in [-0.39, 0.29) is 29.7 Å². The van der Waals surface area contributed by atoms with Gasteiger partial charge in [-0.15, -0.1) is 11.3 Å². The molecule has 3 aromatic carbocycles. The maximum absolute atomic E-state index is 8.48. The highest BCUT2D eigenvalue weighted by Gasteiger charge is 2.13. The maximum Gasteiger partial charge on any atom is 0.126 e. The zero-order valence-corrected chi connectivity index (χ0v) is 15.7. The van der Waals surface area contributed by atoms with Crippen LogP contribution >= 0.6 is 11.3 Å². The Kier molecular flexibility index (Phi) is 2.88. The average molecular weight is 371 g/mol. The predicted molar refractivity (Wildman–Crippen MR) is 115 cm³/mol. The molecular formula is C24H18N2S. The van der Waals surface area contributed by atoms with Crippen molar-refractivity contribution in [2.24, 2.45) is 0 Å². The molecule has 0 atom stereocenters. The van der Waals surface area contributed by atoms with Gasteiger partial charge in [0.25, 0.3) is 0 Å². The molecule has 27 heavy (non-hydrogen) atoms. The molecule has 0 unspecified atom stereocenters. The van der Waals surface area contributed by atoms with Crippen molar-refractivity contribution >= 4 is 31.5 Å². The van der Waals surface area contributed by atoms with Crippen molar-refractivity contribution < 1.29 is 5.48 Å². The summed E-state index contributed by atoms with van der Waals surface area (Å²) in [6.45, 7) is 3.43. The first-order valence-corrected chi connectivity index (χ1v) is 9.52. The van der Waals surface area contributed by atoms with E-state index in [2.05, 4.69) is 28.2 Å². The summed E-state index contributed by atoms with van der Waals surface area (Å²) in [5.74, 6) is 0.531. The van der Waals surface area contributed by atoms with Gasteiger partial charge < -0.3 is 0 Å². The Morgan fingerprint density at radius 3 is 2.63 bits per heavy atom. The van der Waals surface area contributed by atoms with E-state index in [1.165, 1.54) is 15.5 Å². The van der Waals surface area contributed by atoms with Crippen molar-refractivity contribution in [1.82, 2.24) is 9.97 Å². The summed E-state index contributed by atoms with van der Waals surface area (Å²) >= 11 is 1.71. The summed E-state index contributed by atoms with van der Waals surface area (Å²) in [6.07, 6.45) is 0. The van der Waals surface area contributed by atoms with Gasteiger partial charge in [-0.2, -0.15) is 0 Å². The molecule has 0 aliphatic rings. The fourth-order valence-electron chi connectivity index (χ4n) is 3.35. The second-order valence-electron chi connectivity index (χ2n) is 6.47. The van der Waals surface area contributed by atoms with E-state index in [0.29, 0.717) is 17.1 Å². The van der Waals surface area contributed by atoms with E-state index in [1.807, 2.05) is 24.3 Å². The molecule has 0 aliphatic heterocycles. The Bertz CT molecular complexity index is 1480. The molecule has 0 N–H and O–H groups in total. The molecule has 2 aromatic heterocycles. The number of aryl methyl sites for hydroxylation is 1. The van der Waals surface area contributed by atoms with Crippen molar-refractivity contribution in [3.63, 3.8) is 0 Å². The highest BCUT2D eigenvalue weighted by atomic mass is 32.1. The number of aromatic nitrogens is 2. The minimum absolute atomic E-state index is 0.0649. The maximum atomic E-state index is 8.48. The molecule has 0 fully saturated rings. The SMILES string of the molecule is [2H]c1c([2H])c(C)c([2H])c(-c2cc(-c3cccc4c3sc3ccccc34)nc(C)n2)c1[2H]. The standard InChI is InChI=1S/C24H18N2S/c1-15-7-5-8-17(13-15)21-14-22(26-16(2)25-21)20-11-6-10-19-18-9-3-4-12-23(18)27-24(19)20/h3-14H,1-2H3/i5D,7D,8D,13D. The van der Waals surface area contributed by atoms with Gasteiger partial charge in [0.2, 0.25) is 0 Å². The Balaban J connectivity index is 1.79. The van der Waals surface area contributed by atoms with Crippen LogP contribution in [0, 0.1) is 13.8 Å². The van der Waals surface area contributed by atoms with Crippen molar-refractivity contribution in [3.8, 4) is 22.5 Å². The number of rotatable bonds is 2. The van der Waals surface area contributed by atoms with Crippen LogP contribution < -0.4 is 0 Å². The monoisotopic (exact) mass is 370 g/mol. The van der Waals surface area contributed by atoms with Gasteiger partial charge in [0.15, 0.2) is 0 Å². The molecule has 0 spiro atoms. The normalized spacial score (nSPS) is 13.4. The van der Waals surface area contributed by atoms with E-state index >= 15 is 0 Å². The number of fused-ring (bicyclic) bond motifs is 3. The van der Waals surface area contributed by atoms with Crippen molar-refractivity contribution in [2.75, 3.05) is 0 Å². The smallest absolute Gasteiger partial charge is 0.126 e. The van der Waals surface area contributed by atoms with Gasteiger partial charge in [-0.3, -0.25) is 0 Å². The summed E-state index contributed by atoms with van der Waals surface area (Å²) < 4.78 is 35.3. The lowest BCUT2D eigenvalue weighted by atomic mass is 10.0. The van der Waals surface area contributed by atoms with Gasteiger partial charge in [-0.05, 0) is 32.0 Å². The van der Waals surface area contributed by atoms with Crippen LogP contribution in [0.15, 0.2) is 72.7 Å². The summed E-state index contributed by atoms with van der Waals surface area (Å²) in [6, 6.07) is 15.9. The van der Waals surface area contributed by atoms with Crippen LogP contribution in [0.25, 0.3) is 42.7 Å². The fourth-order valence-corrected chi connectivity index (χ4v) is 4.57. The van der Waals surface area contributed by atoms with Crippen LogP contribution in [0.2, 0.25) is 0 Å². The molecule has 5 aromatic rings. The molecule has 130 valence electrons. The zero-order valence-electron chi connectivity index (χ0n) is 18.9. The Morgan fingerprint density at radius 1 is 0.889 bits per heavy atom. The summed E-state index contributed by atoms with van der Waals surface area (Å²) in [4.78, 5) is 9.15. The lowest BCUT2D eigenvalue weighted by Crippen LogP contribution is -1.95. The quantitative estimate of drug-likeness (QED) is 0.342. The average Bonchev–Trinajstić information content (AvgIpc) is 3.15. The number of thiophene rings is 1. The van der Waals surface area contributed by atoms with E-state index in [4.69, 9.17) is 5.48 Å². The second kappa shape index (κ2) is 6.29. The first kappa shape index (κ1) is 12.4. The highest BCUT2D eigenvalue weighted by Crippen LogP contribution is 2.39. The van der Waals surface area contributed by atoms with E-state index in [1.54, 1.807) is 31.3 Å². The van der Waals surface area contributed by atoms with Gasteiger partial charge in [-0.25, -0.2) is 9.97 Å². The third kappa shape index (κ3) is 2.81. The molecule has 0 aliphatic carbocycles. The second-order valence-corrected chi connectivity index (χ2v) is 7.52. The van der Waals surface area contributed by atoms with Gasteiger partial charge in [0, 0.05) is 31.3 Å². The largest absolute Gasteiger partial charge is 0.233 e. The Morgan fingerprint density at radius 2 is 1.70 bits per heavy atom. The third-order valence-electron chi connectivity index (χ3n) is 4.52. The Labute approximate surface area is 167 Å². The molecule has 0 saturated carbocycles. The summed E-state index contributed by atoms with van der Waals surface area (Å²) in [5.41, 5.74) is 2.78. The van der Waals surface area contributed by atoms with E-state index in [9.17, 15) is 0 Å². The molecular weight excluding hydrogens is 348 g/mol. The molecule has 5 rings (SSSR count). The minimum Gasteiger partial charge on any atom is -0.233 e. The molecule has 0 amide bonds. The summed E-state index contributed by atoms with van der Waals surface area (Å²) in [5, 5.41) is 2.37.